The average molecular weight is 277 g/mol. The van der Waals surface area contributed by atoms with Crippen molar-refractivity contribution in [2.45, 2.75) is 39.0 Å². The molecule has 0 bridgehead atoms. The minimum absolute atomic E-state index is 0.709. The Bertz CT molecular complexity index is 470. The summed E-state index contributed by atoms with van der Waals surface area (Å²) >= 11 is 0. The maximum atomic E-state index is 5.50. The van der Waals surface area contributed by atoms with E-state index in [1.807, 2.05) is 25.7 Å². The number of methoxy groups -OCH3 is 1. The van der Waals surface area contributed by atoms with E-state index in [1.54, 1.807) is 7.11 Å². The number of ether oxygens (including phenoxy) is 1. The molecule has 1 N–H and O–H groups in total. The number of hydrogen-bond acceptors (Lipinski definition) is 3. The van der Waals surface area contributed by atoms with Gasteiger partial charge >= 0.3 is 0 Å². The number of nitrogens with one attached hydrogen (secondary N) is 1. The third-order valence-electron chi connectivity index (χ3n) is 4.25. The molecule has 1 fully saturated rings. The second-order valence-electron chi connectivity index (χ2n) is 5.72. The van der Waals surface area contributed by atoms with Gasteiger partial charge in [-0.3, -0.25) is 0 Å². The van der Waals surface area contributed by atoms with Crippen molar-refractivity contribution in [3.8, 4) is 5.88 Å². The first kappa shape index (κ1) is 15.1. The zero-order chi connectivity index (χ0) is 14.5. The molecule has 0 radical (unpaired) electrons. The molecule has 0 atom stereocenters. The van der Waals surface area contributed by atoms with Gasteiger partial charge in [0.25, 0.3) is 0 Å². The van der Waals surface area contributed by atoms with Crippen LogP contribution in [-0.4, -0.2) is 30.5 Å². The quantitative estimate of drug-likeness (QED) is 0.899. The van der Waals surface area contributed by atoms with Gasteiger partial charge in [-0.2, -0.15) is 5.10 Å². The monoisotopic (exact) mass is 277 g/mol. The topological polar surface area (TPSA) is 39.1 Å². The van der Waals surface area contributed by atoms with E-state index in [0.717, 1.165) is 23.7 Å². The summed E-state index contributed by atoms with van der Waals surface area (Å²) < 4.78 is 7.32. The summed E-state index contributed by atoms with van der Waals surface area (Å²) in [6, 6.07) is 0. The summed E-state index contributed by atoms with van der Waals surface area (Å²) in [4.78, 5) is 0. The van der Waals surface area contributed by atoms with Crippen LogP contribution in [0.2, 0.25) is 0 Å². The Balaban J connectivity index is 2.32. The van der Waals surface area contributed by atoms with Gasteiger partial charge in [0.15, 0.2) is 0 Å². The smallest absolute Gasteiger partial charge is 0.218 e. The zero-order valence-corrected chi connectivity index (χ0v) is 13.2. The molecule has 0 amide bonds. The van der Waals surface area contributed by atoms with Crippen molar-refractivity contribution in [2.75, 3.05) is 20.7 Å². The minimum atomic E-state index is 0.709. The van der Waals surface area contributed by atoms with E-state index in [2.05, 4.69) is 16.5 Å². The Morgan fingerprint density at radius 2 is 2.10 bits per heavy atom. The van der Waals surface area contributed by atoms with Gasteiger partial charge in [-0.05, 0) is 38.8 Å². The van der Waals surface area contributed by atoms with Crippen molar-refractivity contribution in [3.63, 3.8) is 0 Å². The molecular formula is C16H27N3O. The van der Waals surface area contributed by atoms with E-state index in [9.17, 15) is 0 Å². The summed E-state index contributed by atoms with van der Waals surface area (Å²) in [6.07, 6.45) is 9.03. The standard InChI is InChI=1S/C16H27N3O/c1-12-15(16(20-4)19(3)18-12)10-14(11-17-2)13-8-6-5-7-9-13/h10,13,17H,5-9,11H2,1-4H3. The van der Waals surface area contributed by atoms with E-state index >= 15 is 0 Å². The predicted octanol–water partition coefficient (Wildman–Crippen LogP) is 2.92. The molecule has 0 spiro atoms. The van der Waals surface area contributed by atoms with Crippen molar-refractivity contribution < 1.29 is 4.74 Å². The highest BCUT2D eigenvalue weighted by Crippen LogP contribution is 2.32. The molecule has 20 heavy (non-hydrogen) atoms. The van der Waals surface area contributed by atoms with Crippen molar-refractivity contribution in [3.05, 3.63) is 16.8 Å². The molecule has 1 heterocycles. The van der Waals surface area contributed by atoms with Crippen molar-refractivity contribution >= 4 is 6.08 Å². The van der Waals surface area contributed by atoms with Gasteiger partial charge in [0.1, 0.15) is 0 Å². The molecule has 1 aliphatic carbocycles. The van der Waals surface area contributed by atoms with E-state index in [4.69, 9.17) is 4.74 Å². The first-order valence-corrected chi connectivity index (χ1v) is 7.60. The largest absolute Gasteiger partial charge is 0.481 e. The second-order valence-corrected chi connectivity index (χ2v) is 5.72. The summed E-state index contributed by atoms with van der Waals surface area (Å²) in [7, 11) is 5.66. The van der Waals surface area contributed by atoms with E-state index < -0.39 is 0 Å². The highest BCUT2D eigenvalue weighted by atomic mass is 16.5. The molecule has 4 heteroatoms. The lowest BCUT2D eigenvalue weighted by molar-refractivity contribution is 0.372. The Morgan fingerprint density at radius 1 is 1.40 bits per heavy atom. The summed E-state index contributed by atoms with van der Waals surface area (Å²) in [5, 5.41) is 7.78. The normalized spacial score (nSPS) is 17.5. The van der Waals surface area contributed by atoms with Crippen LogP contribution in [0.5, 0.6) is 5.88 Å². The van der Waals surface area contributed by atoms with Gasteiger partial charge in [-0.15, -0.1) is 0 Å². The number of likely N-dealkylation sites (N-methyl/N-ethyl adjacent to an activating group) is 1. The molecule has 2 rings (SSSR count). The Hall–Kier alpha value is -1.29. The van der Waals surface area contributed by atoms with Crippen molar-refractivity contribution in [1.29, 1.82) is 0 Å². The fourth-order valence-electron chi connectivity index (χ4n) is 3.24. The number of aromatic nitrogens is 2. The first-order chi connectivity index (χ1) is 9.67. The zero-order valence-electron chi connectivity index (χ0n) is 13.2. The van der Waals surface area contributed by atoms with Crippen LogP contribution in [0.25, 0.3) is 6.08 Å². The van der Waals surface area contributed by atoms with Gasteiger partial charge in [0, 0.05) is 13.6 Å². The van der Waals surface area contributed by atoms with Gasteiger partial charge in [0.05, 0.1) is 18.4 Å². The molecule has 0 saturated heterocycles. The molecule has 1 saturated carbocycles. The van der Waals surface area contributed by atoms with Crippen molar-refractivity contribution in [2.24, 2.45) is 13.0 Å². The maximum Gasteiger partial charge on any atom is 0.218 e. The summed E-state index contributed by atoms with van der Waals surface area (Å²) in [6.45, 7) is 2.99. The number of aryl methyl sites for hydroxylation is 2. The maximum absolute atomic E-state index is 5.50. The fraction of sp³-hybridized carbons (Fsp3) is 0.688. The van der Waals surface area contributed by atoms with Crippen LogP contribution in [0.1, 0.15) is 43.4 Å². The highest BCUT2D eigenvalue weighted by Gasteiger charge is 2.19. The molecule has 1 aliphatic rings. The Labute approximate surface area is 122 Å². The van der Waals surface area contributed by atoms with Crippen LogP contribution in [-0.2, 0) is 7.05 Å². The number of nitrogens with zero attached hydrogens (tertiary/aromatic N) is 2. The van der Waals surface area contributed by atoms with E-state index in [1.165, 1.54) is 37.7 Å². The lowest BCUT2D eigenvalue weighted by atomic mass is 9.83. The molecule has 112 valence electrons. The van der Waals surface area contributed by atoms with Crippen LogP contribution in [0, 0.1) is 12.8 Å². The third kappa shape index (κ3) is 3.23. The van der Waals surface area contributed by atoms with Crippen LogP contribution in [0.4, 0.5) is 0 Å². The van der Waals surface area contributed by atoms with Crippen LogP contribution < -0.4 is 10.1 Å². The van der Waals surface area contributed by atoms with Gasteiger partial charge in [-0.1, -0.05) is 24.8 Å². The molecule has 0 aromatic carbocycles. The molecule has 0 aliphatic heterocycles. The second kappa shape index (κ2) is 6.93. The van der Waals surface area contributed by atoms with Gasteiger partial charge in [-0.25, -0.2) is 4.68 Å². The average Bonchev–Trinajstić information content (AvgIpc) is 2.73. The Morgan fingerprint density at radius 3 is 2.70 bits per heavy atom. The summed E-state index contributed by atoms with van der Waals surface area (Å²) in [5.74, 6) is 1.56. The molecular weight excluding hydrogens is 250 g/mol. The lowest BCUT2D eigenvalue weighted by Crippen LogP contribution is -2.19. The summed E-state index contributed by atoms with van der Waals surface area (Å²) in [5.41, 5.74) is 3.65. The number of hydrogen-bond donors (Lipinski definition) is 1. The first-order valence-electron chi connectivity index (χ1n) is 7.60. The minimum Gasteiger partial charge on any atom is -0.481 e. The van der Waals surface area contributed by atoms with E-state index in [-0.39, 0.29) is 0 Å². The molecule has 1 aromatic heterocycles. The predicted molar refractivity (Wildman–Crippen MR) is 83.0 cm³/mol. The third-order valence-corrected chi connectivity index (χ3v) is 4.25. The van der Waals surface area contributed by atoms with Crippen LogP contribution in [0.15, 0.2) is 5.57 Å². The molecule has 0 unspecified atom stereocenters. The van der Waals surface area contributed by atoms with Gasteiger partial charge < -0.3 is 10.1 Å². The highest BCUT2D eigenvalue weighted by molar-refractivity contribution is 5.61. The number of rotatable bonds is 5. The lowest BCUT2D eigenvalue weighted by Gasteiger charge is -2.24. The SMILES string of the molecule is CNCC(=Cc1c(C)nn(C)c1OC)C1CCCCC1. The Kier molecular flexibility index (Phi) is 5.24. The molecule has 1 aromatic rings. The van der Waals surface area contributed by atoms with Gasteiger partial charge in [0.2, 0.25) is 5.88 Å². The van der Waals surface area contributed by atoms with E-state index in [0.29, 0.717) is 5.92 Å². The van der Waals surface area contributed by atoms with Crippen LogP contribution in [0.3, 0.4) is 0 Å². The van der Waals surface area contributed by atoms with Crippen LogP contribution >= 0.6 is 0 Å². The van der Waals surface area contributed by atoms with Crippen molar-refractivity contribution in [1.82, 2.24) is 15.1 Å². The fourth-order valence-corrected chi connectivity index (χ4v) is 3.24. The molecule has 4 nitrogen and oxygen atoms in total.